The maximum Gasteiger partial charge on any atom is 2.00 e. The first kappa shape index (κ1) is 16.4. The molecule has 6 heteroatoms. The molecular formula is CoNNiO3+3. The van der Waals surface area contributed by atoms with Gasteiger partial charge in [-0.1, -0.05) is 0 Å². The van der Waals surface area contributed by atoms with Crippen LogP contribution in [0.3, 0.4) is 0 Å². The molecule has 0 aromatic carbocycles. The van der Waals surface area contributed by atoms with Crippen LogP contribution < -0.4 is 0 Å². The van der Waals surface area contributed by atoms with Crippen molar-refractivity contribution in [1.82, 2.24) is 0 Å². The van der Waals surface area contributed by atoms with Gasteiger partial charge in [-0.25, -0.2) is 0 Å². The molecule has 0 fully saturated rings. The second-order valence-electron chi connectivity index (χ2n) is 0.224. The van der Waals surface area contributed by atoms with Gasteiger partial charge in [0.25, 0.3) is 0 Å². The van der Waals surface area contributed by atoms with E-state index >= 15 is 0 Å². The van der Waals surface area contributed by atoms with Crippen molar-refractivity contribution < 1.29 is 38.4 Å². The summed E-state index contributed by atoms with van der Waals surface area (Å²) in [6.45, 7) is 0. The van der Waals surface area contributed by atoms with E-state index in [9.17, 15) is 0 Å². The predicted octanol–water partition coefficient (Wildman–Crippen LogP) is -0.244. The van der Waals surface area contributed by atoms with E-state index in [2.05, 4.69) is 0 Å². The first-order valence-corrected chi connectivity index (χ1v) is 0.548. The third-order valence-electron chi connectivity index (χ3n) is 0. The van der Waals surface area contributed by atoms with Crippen molar-refractivity contribution in [2.24, 2.45) is 0 Å². The summed E-state index contributed by atoms with van der Waals surface area (Å²) in [6, 6.07) is 0. The summed E-state index contributed by atoms with van der Waals surface area (Å²) in [5.41, 5.74) is 0. The van der Waals surface area contributed by atoms with Crippen LogP contribution in [0.1, 0.15) is 0 Å². The summed E-state index contributed by atoms with van der Waals surface area (Å²) < 4.78 is 0. The smallest absolute Gasteiger partial charge is 0.356 e. The molecule has 1 radical (unpaired) electrons. The minimum absolute atomic E-state index is 0. The van der Waals surface area contributed by atoms with E-state index in [-0.39, 0.29) is 33.3 Å². The molecule has 0 bridgehead atoms. The number of hydrogen-bond donors (Lipinski definition) is 0. The Balaban J connectivity index is -0.0000000450. The monoisotopic (exact) mass is 179 g/mol. The average molecular weight is 180 g/mol. The van der Waals surface area contributed by atoms with Gasteiger partial charge in [-0.15, -0.1) is 0 Å². The SMILES string of the molecule is O=[N+]([O-])[O-].[Co+2].[Ni+2]. The summed E-state index contributed by atoms with van der Waals surface area (Å²) in [5.74, 6) is 0. The largest absolute Gasteiger partial charge is 2.00 e. The molecule has 4 nitrogen and oxygen atoms in total. The van der Waals surface area contributed by atoms with Crippen LogP contribution in [0, 0.1) is 15.3 Å². The minimum Gasteiger partial charge on any atom is -0.356 e. The van der Waals surface area contributed by atoms with Crippen LogP contribution in [-0.4, -0.2) is 5.09 Å². The zero-order chi connectivity index (χ0) is 3.58. The van der Waals surface area contributed by atoms with Crippen LogP contribution in [0.5, 0.6) is 0 Å². The fourth-order valence-electron chi connectivity index (χ4n) is 0. The van der Waals surface area contributed by atoms with Gasteiger partial charge in [-0.05, 0) is 0 Å². The Labute approximate surface area is 54.1 Å². The number of nitrogens with zero attached hydrogens (tertiary/aromatic N) is 1. The Morgan fingerprint density at radius 3 is 1.33 bits per heavy atom. The maximum absolute atomic E-state index is 8.25. The van der Waals surface area contributed by atoms with Crippen LogP contribution in [0.4, 0.5) is 0 Å². The Morgan fingerprint density at radius 1 is 1.33 bits per heavy atom. The van der Waals surface area contributed by atoms with Crippen molar-refractivity contribution >= 4 is 0 Å². The van der Waals surface area contributed by atoms with Gasteiger partial charge >= 0.3 is 33.3 Å². The zero-order valence-electron chi connectivity index (χ0n) is 2.32. The van der Waals surface area contributed by atoms with Gasteiger partial charge in [0.2, 0.25) is 0 Å². The quantitative estimate of drug-likeness (QED) is 0.293. The van der Waals surface area contributed by atoms with Crippen molar-refractivity contribution in [1.29, 1.82) is 0 Å². The van der Waals surface area contributed by atoms with Gasteiger partial charge in [-0.3, -0.25) is 0 Å². The van der Waals surface area contributed by atoms with E-state index in [0.29, 0.717) is 0 Å². The summed E-state index contributed by atoms with van der Waals surface area (Å²) in [7, 11) is 0. The van der Waals surface area contributed by atoms with Crippen LogP contribution in [0.15, 0.2) is 0 Å². The minimum atomic E-state index is -1.75. The molecule has 0 atom stereocenters. The van der Waals surface area contributed by atoms with Crippen molar-refractivity contribution in [3.05, 3.63) is 15.3 Å². The average Bonchev–Trinajstić information content (AvgIpc) is 0.811. The van der Waals surface area contributed by atoms with Crippen LogP contribution in [0.25, 0.3) is 0 Å². The fourth-order valence-corrected chi connectivity index (χ4v) is 0. The molecule has 0 aromatic rings. The first-order valence-electron chi connectivity index (χ1n) is 0.548. The molecule has 39 valence electrons. The van der Waals surface area contributed by atoms with E-state index in [1.165, 1.54) is 0 Å². The van der Waals surface area contributed by atoms with Gasteiger partial charge in [0.05, 0.1) is 5.09 Å². The third kappa shape index (κ3) is 1080. The van der Waals surface area contributed by atoms with Gasteiger partial charge < -0.3 is 15.3 Å². The standard InChI is InChI=1S/Co.NO3.Ni/c;2-1(3)4;/q+2;-1;+2. The van der Waals surface area contributed by atoms with E-state index in [1.54, 1.807) is 0 Å². The summed E-state index contributed by atoms with van der Waals surface area (Å²) in [4.78, 5) is 8.25. The van der Waals surface area contributed by atoms with Crippen LogP contribution in [-0.2, 0) is 33.3 Å². The molecule has 0 unspecified atom stereocenters. The Hall–Kier alpha value is 0.200. The molecule has 0 heterocycles. The van der Waals surface area contributed by atoms with E-state index in [1.807, 2.05) is 0 Å². The van der Waals surface area contributed by atoms with Gasteiger partial charge in [-0.2, -0.15) is 0 Å². The van der Waals surface area contributed by atoms with Crippen molar-refractivity contribution in [3.8, 4) is 0 Å². The summed E-state index contributed by atoms with van der Waals surface area (Å²) in [6.07, 6.45) is 0. The summed E-state index contributed by atoms with van der Waals surface area (Å²) >= 11 is 0. The summed E-state index contributed by atoms with van der Waals surface area (Å²) in [5, 5.41) is 14.8. The Morgan fingerprint density at radius 2 is 1.33 bits per heavy atom. The van der Waals surface area contributed by atoms with Crippen molar-refractivity contribution in [3.63, 3.8) is 0 Å². The van der Waals surface area contributed by atoms with Crippen molar-refractivity contribution in [2.45, 2.75) is 0 Å². The molecule has 0 N–H and O–H groups in total. The first-order chi connectivity index (χ1) is 1.73. The van der Waals surface area contributed by atoms with E-state index < -0.39 is 5.09 Å². The third-order valence-corrected chi connectivity index (χ3v) is 0. The molecule has 0 aliphatic carbocycles. The molecule has 0 aliphatic heterocycles. The topological polar surface area (TPSA) is 66.2 Å². The normalized spacial score (nSPS) is 4.00. The molecule has 0 spiro atoms. The van der Waals surface area contributed by atoms with E-state index in [4.69, 9.17) is 15.3 Å². The molecule has 6 heavy (non-hydrogen) atoms. The second kappa shape index (κ2) is 8.96. The van der Waals surface area contributed by atoms with Crippen molar-refractivity contribution in [2.75, 3.05) is 0 Å². The molecule has 0 saturated carbocycles. The fraction of sp³-hybridized carbons (Fsp3) is 0. The number of rotatable bonds is 0. The molecule has 0 amide bonds. The van der Waals surface area contributed by atoms with Gasteiger partial charge in [0, 0.05) is 0 Å². The van der Waals surface area contributed by atoms with E-state index in [0.717, 1.165) is 0 Å². The predicted molar refractivity (Wildman–Crippen MR) is 10.4 cm³/mol. The van der Waals surface area contributed by atoms with Crippen LogP contribution >= 0.6 is 0 Å². The van der Waals surface area contributed by atoms with Gasteiger partial charge in [0.1, 0.15) is 0 Å². The number of hydrogen-bond acceptors (Lipinski definition) is 3. The zero-order valence-corrected chi connectivity index (χ0v) is 4.35. The Kier molecular flexibility index (Phi) is 24.4. The molecule has 0 saturated heterocycles. The maximum atomic E-state index is 8.25. The van der Waals surface area contributed by atoms with Gasteiger partial charge in [0.15, 0.2) is 0 Å². The molecule has 0 aromatic heterocycles. The Bertz CT molecular complexity index is 33.8. The second-order valence-corrected chi connectivity index (χ2v) is 0.224. The molecular weight excluding hydrogens is 180 g/mol. The molecule has 0 rings (SSSR count). The van der Waals surface area contributed by atoms with Crippen LogP contribution in [0.2, 0.25) is 0 Å². The molecule has 0 aliphatic rings.